The summed E-state index contributed by atoms with van der Waals surface area (Å²) in [5.41, 5.74) is -0.989. The minimum absolute atomic E-state index is 0.0471. The van der Waals surface area contributed by atoms with E-state index in [9.17, 15) is 19.7 Å². The number of hydrogen-bond acceptors (Lipinski definition) is 7. The molecule has 0 fully saturated rings. The van der Waals surface area contributed by atoms with E-state index >= 15 is 0 Å². The molecule has 2 aromatic carbocycles. The minimum Gasteiger partial charge on any atom is -0.461 e. The predicted octanol–water partition coefficient (Wildman–Crippen LogP) is 3.67. The summed E-state index contributed by atoms with van der Waals surface area (Å²) < 4.78 is 6.08. The third-order valence-corrected chi connectivity index (χ3v) is 3.70. The van der Waals surface area contributed by atoms with Crippen molar-refractivity contribution in [3.8, 4) is 5.69 Å². The molecule has 0 bridgehead atoms. The lowest BCUT2D eigenvalue weighted by Crippen LogP contribution is -2.13. The van der Waals surface area contributed by atoms with Crippen molar-refractivity contribution < 1.29 is 14.5 Å². The summed E-state index contributed by atoms with van der Waals surface area (Å²) in [7, 11) is 0. The van der Waals surface area contributed by atoms with Gasteiger partial charge < -0.3 is 4.74 Å². The third kappa shape index (κ3) is 3.70. The van der Waals surface area contributed by atoms with Crippen molar-refractivity contribution in [3.05, 3.63) is 80.8 Å². The van der Waals surface area contributed by atoms with E-state index in [2.05, 4.69) is 15.3 Å². The van der Waals surface area contributed by atoms with Gasteiger partial charge in [-0.2, -0.15) is 0 Å². The number of aromatic amines is 1. The number of ether oxygens (including phenoxy) is 1. The molecule has 1 heterocycles. The number of azo groups is 1. The van der Waals surface area contributed by atoms with Crippen molar-refractivity contribution in [1.29, 1.82) is 0 Å². The average molecular weight is 381 g/mol. The summed E-state index contributed by atoms with van der Waals surface area (Å²) in [5.74, 6) is -0.786. The molecular formula is C18H15N5O5. The first-order valence-electron chi connectivity index (χ1n) is 8.25. The SMILES string of the molecule is CCOC(=O)c1[nH]n(-c2ccccc2)c(=O)c1N=Nc1ccccc1[N+](=O)[O-]. The maximum atomic E-state index is 12.8. The summed E-state index contributed by atoms with van der Waals surface area (Å²) in [6.45, 7) is 1.72. The summed E-state index contributed by atoms with van der Waals surface area (Å²) in [5, 5.41) is 21.4. The van der Waals surface area contributed by atoms with Gasteiger partial charge >= 0.3 is 5.97 Å². The number of nitrogens with zero attached hydrogens (tertiary/aromatic N) is 4. The molecule has 0 atom stereocenters. The normalized spacial score (nSPS) is 10.9. The lowest BCUT2D eigenvalue weighted by atomic mass is 10.3. The molecule has 10 heteroatoms. The zero-order valence-electron chi connectivity index (χ0n) is 14.7. The van der Waals surface area contributed by atoms with Crippen LogP contribution in [-0.4, -0.2) is 27.3 Å². The second-order valence-corrected chi connectivity index (χ2v) is 5.48. The highest BCUT2D eigenvalue weighted by Crippen LogP contribution is 2.28. The van der Waals surface area contributed by atoms with Gasteiger partial charge in [0.1, 0.15) is 0 Å². The molecule has 0 saturated heterocycles. The van der Waals surface area contributed by atoms with Crippen molar-refractivity contribution in [2.45, 2.75) is 6.92 Å². The van der Waals surface area contributed by atoms with Crippen molar-refractivity contribution in [1.82, 2.24) is 9.78 Å². The Morgan fingerprint density at radius 1 is 1.14 bits per heavy atom. The molecule has 1 aromatic heterocycles. The number of benzene rings is 2. The Kier molecular flexibility index (Phi) is 5.40. The van der Waals surface area contributed by atoms with Crippen LogP contribution in [0.1, 0.15) is 17.4 Å². The fourth-order valence-electron chi connectivity index (χ4n) is 2.43. The highest BCUT2D eigenvalue weighted by Gasteiger charge is 2.23. The first-order valence-corrected chi connectivity index (χ1v) is 8.25. The maximum Gasteiger partial charge on any atom is 0.358 e. The number of rotatable bonds is 6. The first kappa shape index (κ1) is 18.7. The van der Waals surface area contributed by atoms with Crippen LogP contribution in [0.3, 0.4) is 0 Å². The second kappa shape index (κ2) is 8.08. The van der Waals surface area contributed by atoms with Gasteiger partial charge in [0.2, 0.25) is 0 Å². The quantitative estimate of drug-likeness (QED) is 0.301. The zero-order chi connectivity index (χ0) is 20.1. The van der Waals surface area contributed by atoms with Crippen LogP contribution < -0.4 is 5.56 Å². The Balaban J connectivity index is 2.12. The topological polar surface area (TPSA) is 132 Å². The van der Waals surface area contributed by atoms with E-state index in [0.717, 1.165) is 4.68 Å². The van der Waals surface area contributed by atoms with E-state index in [-0.39, 0.29) is 29.4 Å². The van der Waals surface area contributed by atoms with Crippen LogP contribution in [-0.2, 0) is 4.74 Å². The molecule has 0 amide bonds. The van der Waals surface area contributed by atoms with Gasteiger partial charge in [0.25, 0.3) is 11.2 Å². The zero-order valence-corrected chi connectivity index (χ0v) is 14.7. The monoisotopic (exact) mass is 381 g/mol. The maximum absolute atomic E-state index is 12.8. The molecule has 0 unspecified atom stereocenters. The number of nitrogens with one attached hydrogen (secondary N) is 1. The number of nitro benzene ring substituents is 1. The number of para-hydroxylation sites is 2. The molecular weight excluding hydrogens is 366 g/mol. The van der Waals surface area contributed by atoms with Crippen LogP contribution >= 0.6 is 0 Å². The van der Waals surface area contributed by atoms with E-state index in [1.54, 1.807) is 43.3 Å². The highest BCUT2D eigenvalue weighted by molar-refractivity contribution is 5.92. The van der Waals surface area contributed by atoms with Crippen LogP contribution in [0.2, 0.25) is 0 Å². The van der Waals surface area contributed by atoms with Gasteiger partial charge in [0.05, 0.1) is 17.2 Å². The van der Waals surface area contributed by atoms with Crippen molar-refractivity contribution >= 4 is 23.0 Å². The first-order chi connectivity index (χ1) is 13.5. The van der Waals surface area contributed by atoms with Gasteiger partial charge in [-0.15, -0.1) is 10.2 Å². The van der Waals surface area contributed by atoms with E-state index < -0.39 is 16.5 Å². The Morgan fingerprint density at radius 3 is 2.50 bits per heavy atom. The number of H-pyrrole nitrogens is 1. The fraction of sp³-hybridized carbons (Fsp3) is 0.111. The molecule has 10 nitrogen and oxygen atoms in total. The van der Waals surface area contributed by atoms with Crippen molar-refractivity contribution in [2.75, 3.05) is 6.61 Å². The molecule has 3 aromatic rings. The van der Waals surface area contributed by atoms with Crippen molar-refractivity contribution in [2.24, 2.45) is 10.2 Å². The van der Waals surface area contributed by atoms with Gasteiger partial charge in [0, 0.05) is 6.07 Å². The predicted molar refractivity (Wildman–Crippen MR) is 99.6 cm³/mol. The molecule has 1 N–H and O–H groups in total. The van der Waals surface area contributed by atoms with E-state index in [1.165, 1.54) is 18.2 Å². The summed E-state index contributed by atoms with van der Waals surface area (Å²) >= 11 is 0. The van der Waals surface area contributed by atoms with E-state index in [1.807, 2.05) is 0 Å². The minimum atomic E-state index is -0.786. The number of carbonyl (C=O) groups is 1. The second-order valence-electron chi connectivity index (χ2n) is 5.48. The standard InChI is InChI=1S/C18H15N5O5/c1-2-28-18(25)16-15(17(24)22(21-16)12-8-4-3-5-9-12)20-19-13-10-6-7-11-14(13)23(26)27/h3-11,21H,2H2,1H3. The molecule has 0 saturated carbocycles. The van der Waals surface area contributed by atoms with Crippen LogP contribution in [0.15, 0.2) is 69.6 Å². The highest BCUT2D eigenvalue weighted by atomic mass is 16.6. The van der Waals surface area contributed by atoms with Gasteiger partial charge in [-0.3, -0.25) is 20.0 Å². The molecule has 142 valence electrons. The Bertz CT molecular complexity index is 1100. The Labute approximate surface area is 158 Å². The molecule has 3 rings (SSSR count). The number of nitro groups is 1. The van der Waals surface area contributed by atoms with Crippen LogP contribution in [0.25, 0.3) is 5.69 Å². The van der Waals surface area contributed by atoms with Gasteiger partial charge in [-0.05, 0) is 25.1 Å². The van der Waals surface area contributed by atoms with E-state index in [0.29, 0.717) is 5.69 Å². The fourth-order valence-corrected chi connectivity index (χ4v) is 2.43. The van der Waals surface area contributed by atoms with Crippen LogP contribution in [0, 0.1) is 10.1 Å². The Hall–Kier alpha value is -4.08. The smallest absolute Gasteiger partial charge is 0.358 e. The van der Waals surface area contributed by atoms with E-state index in [4.69, 9.17) is 4.74 Å². The number of esters is 1. The van der Waals surface area contributed by atoms with Crippen LogP contribution in [0.5, 0.6) is 0 Å². The lowest BCUT2D eigenvalue weighted by Gasteiger charge is -2.01. The lowest BCUT2D eigenvalue weighted by molar-refractivity contribution is -0.384. The number of hydrogen-bond donors (Lipinski definition) is 1. The summed E-state index contributed by atoms with van der Waals surface area (Å²) in [6.07, 6.45) is 0. The summed E-state index contributed by atoms with van der Waals surface area (Å²) in [4.78, 5) is 35.5. The van der Waals surface area contributed by atoms with Gasteiger partial charge in [-0.25, -0.2) is 9.48 Å². The average Bonchev–Trinajstić information content (AvgIpc) is 3.04. The number of aromatic nitrogens is 2. The molecule has 0 aliphatic rings. The Morgan fingerprint density at radius 2 is 1.82 bits per heavy atom. The van der Waals surface area contributed by atoms with Crippen molar-refractivity contribution in [3.63, 3.8) is 0 Å². The van der Waals surface area contributed by atoms with Gasteiger partial charge in [-0.1, -0.05) is 30.3 Å². The summed E-state index contributed by atoms with van der Waals surface area (Å²) in [6, 6.07) is 14.2. The van der Waals surface area contributed by atoms with Crippen LogP contribution in [0.4, 0.5) is 17.1 Å². The molecule has 0 aliphatic carbocycles. The largest absolute Gasteiger partial charge is 0.461 e. The van der Waals surface area contributed by atoms with Gasteiger partial charge in [0.15, 0.2) is 17.1 Å². The third-order valence-electron chi connectivity index (χ3n) is 3.70. The molecule has 0 radical (unpaired) electrons. The number of carbonyl (C=O) groups excluding carboxylic acids is 1. The molecule has 0 aliphatic heterocycles. The molecule has 28 heavy (non-hydrogen) atoms. The molecule has 0 spiro atoms.